The molecule has 2 aromatic rings. The van der Waals surface area contributed by atoms with Crippen molar-refractivity contribution < 1.29 is 4.79 Å². The Morgan fingerprint density at radius 1 is 1.50 bits per heavy atom. The van der Waals surface area contributed by atoms with E-state index in [1.54, 1.807) is 18.2 Å². The minimum absolute atomic E-state index is 0.284. The van der Waals surface area contributed by atoms with Crippen LogP contribution < -0.4 is 16.4 Å². The number of nitrogens with zero attached hydrogens (tertiary/aromatic N) is 2. The molecular weight excluding hydrogens is 208 g/mol. The number of fused-ring (bicyclic) bond motifs is 1. The zero-order valence-corrected chi connectivity index (χ0v) is 8.53. The summed E-state index contributed by atoms with van der Waals surface area (Å²) in [7, 11) is 0. The average Bonchev–Trinajstić information content (AvgIpc) is 2.73. The standard InChI is InChI=1S/C9H12N6O/c10-3-4-11-9(16)12-6-1-2-7-8(5-6)14-15-13-7/h1-2,5H,3-4,10H2,(H2,11,12,16)(H,13,14,15). The molecule has 16 heavy (non-hydrogen) atoms. The number of anilines is 1. The van der Waals surface area contributed by atoms with Gasteiger partial charge in [-0.3, -0.25) is 5.10 Å². The van der Waals surface area contributed by atoms with Crippen LogP contribution in [-0.2, 0) is 0 Å². The molecule has 0 atom stereocenters. The third-order valence-corrected chi connectivity index (χ3v) is 2.01. The lowest BCUT2D eigenvalue weighted by molar-refractivity contribution is 0.252. The number of aromatic amines is 1. The molecule has 0 aliphatic rings. The van der Waals surface area contributed by atoms with Gasteiger partial charge in [0, 0.05) is 18.8 Å². The van der Waals surface area contributed by atoms with Crippen LogP contribution in [0.3, 0.4) is 0 Å². The van der Waals surface area contributed by atoms with Crippen molar-refractivity contribution in [2.75, 3.05) is 18.4 Å². The van der Waals surface area contributed by atoms with Gasteiger partial charge in [-0.05, 0) is 18.2 Å². The van der Waals surface area contributed by atoms with Gasteiger partial charge in [-0.2, -0.15) is 0 Å². The molecule has 0 saturated carbocycles. The Kier molecular flexibility index (Phi) is 2.97. The summed E-state index contributed by atoms with van der Waals surface area (Å²) in [6.45, 7) is 0.855. The largest absolute Gasteiger partial charge is 0.337 e. The number of carbonyl (C=O) groups is 1. The van der Waals surface area contributed by atoms with E-state index in [-0.39, 0.29) is 6.03 Å². The van der Waals surface area contributed by atoms with E-state index in [9.17, 15) is 4.79 Å². The lowest BCUT2D eigenvalue weighted by atomic mass is 10.3. The number of benzene rings is 1. The van der Waals surface area contributed by atoms with E-state index in [2.05, 4.69) is 26.0 Å². The summed E-state index contributed by atoms with van der Waals surface area (Å²) in [5, 5.41) is 15.5. The summed E-state index contributed by atoms with van der Waals surface area (Å²) in [5.41, 5.74) is 7.46. The van der Waals surface area contributed by atoms with Crippen molar-refractivity contribution >= 4 is 22.8 Å². The molecule has 0 radical (unpaired) electrons. The van der Waals surface area contributed by atoms with E-state index in [1.165, 1.54) is 0 Å². The van der Waals surface area contributed by atoms with E-state index in [4.69, 9.17) is 5.73 Å². The van der Waals surface area contributed by atoms with Crippen LogP contribution >= 0.6 is 0 Å². The smallest absolute Gasteiger partial charge is 0.319 e. The van der Waals surface area contributed by atoms with Crippen molar-refractivity contribution in [3.63, 3.8) is 0 Å². The first-order valence-corrected chi connectivity index (χ1v) is 4.85. The van der Waals surface area contributed by atoms with Gasteiger partial charge >= 0.3 is 6.03 Å². The van der Waals surface area contributed by atoms with Crippen LogP contribution in [0, 0.1) is 0 Å². The third-order valence-electron chi connectivity index (χ3n) is 2.01. The molecule has 0 bridgehead atoms. The molecule has 2 amide bonds. The molecule has 0 fully saturated rings. The van der Waals surface area contributed by atoms with Gasteiger partial charge in [0.1, 0.15) is 5.52 Å². The lowest BCUT2D eigenvalue weighted by Gasteiger charge is -2.05. The number of carbonyl (C=O) groups excluding carboxylic acids is 1. The summed E-state index contributed by atoms with van der Waals surface area (Å²) in [4.78, 5) is 11.3. The summed E-state index contributed by atoms with van der Waals surface area (Å²) in [6.07, 6.45) is 0. The van der Waals surface area contributed by atoms with Crippen LogP contribution in [0.25, 0.3) is 11.0 Å². The van der Waals surface area contributed by atoms with Gasteiger partial charge in [0.2, 0.25) is 0 Å². The predicted molar refractivity (Wildman–Crippen MR) is 60.0 cm³/mol. The number of urea groups is 1. The molecule has 1 aromatic heterocycles. The normalized spacial score (nSPS) is 10.3. The lowest BCUT2D eigenvalue weighted by Crippen LogP contribution is -2.32. The van der Waals surface area contributed by atoms with Gasteiger partial charge in [0.05, 0.1) is 5.52 Å². The summed E-state index contributed by atoms with van der Waals surface area (Å²) >= 11 is 0. The molecule has 0 aliphatic heterocycles. The second-order valence-electron chi connectivity index (χ2n) is 3.21. The first-order valence-electron chi connectivity index (χ1n) is 4.85. The maximum Gasteiger partial charge on any atom is 0.319 e. The zero-order valence-electron chi connectivity index (χ0n) is 8.53. The first kappa shape index (κ1) is 10.4. The summed E-state index contributed by atoms with van der Waals surface area (Å²) < 4.78 is 0. The highest BCUT2D eigenvalue weighted by Crippen LogP contribution is 2.14. The number of aromatic nitrogens is 3. The third kappa shape index (κ3) is 2.26. The first-order chi connectivity index (χ1) is 7.79. The molecular formula is C9H12N6O. The van der Waals surface area contributed by atoms with E-state index in [0.717, 1.165) is 5.52 Å². The van der Waals surface area contributed by atoms with Gasteiger partial charge in [-0.1, -0.05) is 5.21 Å². The highest BCUT2D eigenvalue weighted by molar-refractivity contribution is 5.91. The summed E-state index contributed by atoms with van der Waals surface area (Å²) in [6, 6.07) is 5.02. The van der Waals surface area contributed by atoms with Gasteiger partial charge in [0.25, 0.3) is 0 Å². The Balaban J connectivity index is 2.06. The quantitative estimate of drug-likeness (QED) is 0.585. The van der Waals surface area contributed by atoms with Crippen molar-refractivity contribution in [1.29, 1.82) is 0 Å². The number of H-pyrrole nitrogens is 1. The van der Waals surface area contributed by atoms with Crippen LogP contribution in [0.15, 0.2) is 18.2 Å². The second kappa shape index (κ2) is 4.58. The van der Waals surface area contributed by atoms with Crippen molar-refractivity contribution in [2.45, 2.75) is 0 Å². The van der Waals surface area contributed by atoms with Crippen molar-refractivity contribution in [3.8, 4) is 0 Å². The Bertz CT molecular complexity index is 493. The Labute approximate surface area is 91.4 Å². The van der Waals surface area contributed by atoms with Crippen LogP contribution in [0.1, 0.15) is 0 Å². The van der Waals surface area contributed by atoms with Crippen LogP contribution in [0.4, 0.5) is 10.5 Å². The molecule has 0 aliphatic carbocycles. The summed E-state index contributed by atoms with van der Waals surface area (Å²) in [5.74, 6) is 0. The Morgan fingerprint density at radius 3 is 3.19 bits per heavy atom. The molecule has 0 saturated heterocycles. The Hall–Kier alpha value is -2.15. The van der Waals surface area contributed by atoms with Crippen molar-refractivity contribution in [2.24, 2.45) is 5.73 Å². The molecule has 1 heterocycles. The molecule has 0 unspecified atom stereocenters. The van der Waals surface area contributed by atoms with E-state index in [0.29, 0.717) is 24.3 Å². The van der Waals surface area contributed by atoms with Crippen molar-refractivity contribution in [3.05, 3.63) is 18.2 Å². The second-order valence-corrected chi connectivity index (χ2v) is 3.21. The molecule has 1 aromatic carbocycles. The number of hydrogen-bond donors (Lipinski definition) is 4. The SMILES string of the molecule is NCCNC(=O)Nc1ccc2[nH]nnc2c1. The fourth-order valence-electron chi connectivity index (χ4n) is 1.28. The predicted octanol–water partition coefficient (Wildman–Crippen LogP) is 0.0381. The topological polar surface area (TPSA) is 109 Å². The average molecular weight is 220 g/mol. The number of amides is 2. The fourth-order valence-corrected chi connectivity index (χ4v) is 1.28. The van der Waals surface area contributed by atoms with Gasteiger partial charge in [-0.15, -0.1) is 5.10 Å². The highest BCUT2D eigenvalue weighted by Gasteiger charge is 2.02. The maximum absolute atomic E-state index is 11.3. The minimum atomic E-state index is -0.284. The molecule has 7 heteroatoms. The van der Waals surface area contributed by atoms with Gasteiger partial charge in [-0.25, -0.2) is 4.79 Å². The van der Waals surface area contributed by atoms with Gasteiger partial charge in [0.15, 0.2) is 0 Å². The minimum Gasteiger partial charge on any atom is -0.337 e. The molecule has 5 N–H and O–H groups in total. The molecule has 0 spiro atoms. The fraction of sp³-hybridized carbons (Fsp3) is 0.222. The van der Waals surface area contributed by atoms with E-state index < -0.39 is 0 Å². The van der Waals surface area contributed by atoms with Crippen LogP contribution in [0.2, 0.25) is 0 Å². The molecule has 7 nitrogen and oxygen atoms in total. The number of hydrogen-bond acceptors (Lipinski definition) is 4. The number of rotatable bonds is 3. The molecule has 2 rings (SSSR count). The van der Waals surface area contributed by atoms with Gasteiger partial charge < -0.3 is 16.4 Å². The van der Waals surface area contributed by atoms with Crippen molar-refractivity contribution in [1.82, 2.24) is 20.7 Å². The zero-order chi connectivity index (χ0) is 11.4. The number of nitrogens with two attached hydrogens (primary N) is 1. The maximum atomic E-state index is 11.3. The van der Waals surface area contributed by atoms with Crippen LogP contribution in [0.5, 0.6) is 0 Å². The van der Waals surface area contributed by atoms with E-state index >= 15 is 0 Å². The van der Waals surface area contributed by atoms with E-state index in [1.807, 2.05) is 0 Å². The Morgan fingerprint density at radius 2 is 2.38 bits per heavy atom. The monoisotopic (exact) mass is 220 g/mol. The highest BCUT2D eigenvalue weighted by atomic mass is 16.2. The van der Waals surface area contributed by atoms with Crippen LogP contribution in [-0.4, -0.2) is 34.5 Å². The number of nitrogens with one attached hydrogen (secondary N) is 3. The molecule has 84 valence electrons.